The van der Waals surface area contributed by atoms with Gasteiger partial charge >= 0.3 is 0 Å². The first-order chi connectivity index (χ1) is 66.8. The highest BCUT2D eigenvalue weighted by atomic mass is 14.2. The second-order valence-electron chi connectivity index (χ2n) is 45.8. The lowest BCUT2D eigenvalue weighted by atomic mass is 9.85. The summed E-state index contributed by atoms with van der Waals surface area (Å²) < 4.78 is 0. The van der Waals surface area contributed by atoms with E-state index in [1.54, 1.807) is 16.7 Å². The van der Waals surface area contributed by atoms with Crippen molar-refractivity contribution < 1.29 is 0 Å². The molecule has 3 aromatic rings. The summed E-state index contributed by atoms with van der Waals surface area (Å²) in [5.74, 6) is 0. The predicted octanol–water partition coefficient (Wildman–Crippen LogP) is 50.0. The van der Waals surface area contributed by atoms with Gasteiger partial charge in [0, 0.05) is 0 Å². The molecule has 0 nitrogen and oxygen atoms in total. The van der Waals surface area contributed by atoms with Crippen LogP contribution in [0.4, 0.5) is 0 Å². The van der Waals surface area contributed by atoms with E-state index in [9.17, 15) is 0 Å². The van der Waals surface area contributed by atoms with Gasteiger partial charge in [-0.05, 0) is 95.0 Å². The summed E-state index contributed by atoms with van der Waals surface area (Å²) in [7, 11) is 0. The van der Waals surface area contributed by atoms with Crippen molar-refractivity contribution in [1.82, 2.24) is 0 Å². The molecule has 0 heteroatoms. The molecule has 0 atom stereocenters. The van der Waals surface area contributed by atoms with Crippen molar-refractivity contribution in [3.63, 3.8) is 0 Å². The van der Waals surface area contributed by atoms with Crippen LogP contribution in [0.1, 0.15) is 769 Å². The molecule has 134 heavy (non-hydrogen) atoms. The fourth-order valence-corrected chi connectivity index (χ4v) is 23.2. The Kier molecular flexibility index (Phi) is 102. The minimum Gasteiger partial charge on any atom is -0.0654 e. The Bertz CT molecular complexity index is 2670. The van der Waals surface area contributed by atoms with Gasteiger partial charge in [0.15, 0.2) is 0 Å². The van der Waals surface area contributed by atoms with Crippen molar-refractivity contribution in [1.29, 1.82) is 0 Å². The van der Waals surface area contributed by atoms with Gasteiger partial charge < -0.3 is 0 Å². The van der Waals surface area contributed by atoms with E-state index >= 15 is 0 Å². The van der Waals surface area contributed by atoms with E-state index in [1.807, 2.05) is 0 Å². The minimum absolute atomic E-state index is 1.23. The topological polar surface area (TPSA) is 0 Å². The van der Waals surface area contributed by atoms with Gasteiger partial charge in [0.1, 0.15) is 0 Å². The average Bonchev–Trinajstić information content (AvgIpc) is 0.764. The molecule has 0 saturated carbocycles. The zero-order valence-electron chi connectivity index (χ0n) is 93.2. The van der Waals surface area contributed by atoms with Crippen molar-refractivity contribution in [2.45, 2.75) is 772 Å². The highest BCUT2D eigenvalue weighted by Gasteiger charge is 2.17. The Balaban J connectivity index is 1.25. The van der Waals surface area contributed by atoms with Crippen LogP contribution in [0, 0.1) is 6.07 Å². The van der Waals surface area contributed by atoms with Crippen LogP contribution in [0.3, 0.4) is 0 Å². The van der Waals surface area contributed by atoms with Gasteiger partial charge in [-0.3, -0.25) is 0 Å². The maximum absolute atomic E-state index is 4.21. The van der Waals surface area contributed by atoms with E-state index in [0.717, 1.165) is 0 Å². The minimum atomic E-state index is 1.23. The first-order valence-electron chi connectivity index (χ1n) is 64.7. The van der Waals surface area contributed by atoms with Crippen LogP contribution < -0.4 is 0 Å². The van der Waals surface area contributed by atoms with E-state index in [2.05, 4.69) is 63.2 Å². The summed E-state index contributed by atoms with van der Waals surface area (Å²) in [5.41, 5.74) is 5.07. The average molecular weight is 1860 g/mol. The van der Waals surface area contributed by atoms with Gasteiger partial charge in [0.2, 0.25) is 0 Å². The van der Waals surface area contributed by atoms with E-state index in [-0.39, 0.29) is 0 Å². The lowest BCUT2D eigenvalue weighted by molar-refractivity contribution is 0.509. The molecule has 0 aliphatic heterocycles. The van der Waals surface area contributed by atoms with Crippen LogP contribution in [0.2, 0.25) is 0 Å². The third-order valence-corrected chi connectivity index (χ3v) is 32.6. The molecule has 785 valence electrons. The van der Waals surface area contributed by atoms with Gasteiger partial charge in [-0.15, -0.1) is 0 Å². The summed E-state index contributed by atoms with van der Waals surface area (Å²) in [6.07, 6.45) is 171. The van der Waals surface area contributed by atoms with Crippen molar-refractivity contribution >= 4 is 21.5 Å². The number of hydrogen-bond acceptors (Lipinski definition) is 0. The van der Waals surface area contributed by atoms with Crippen LogP contribution in [-0.2, 0) is 19.3 Å². The van der Waals surface area contributed by atoms with Crippen LogP contribution in [0.15, 0.2) is 36.4 Å². The molecule has 0 aromatic heterocycles. The second-order valence-corrected chi connectivity index (χ2v) is 45.8. The number of hydrogen-bond donors (Lipinski definition) is 0. The molecular formula is C134H249. The van der Waals surface area contributed by atoms with Crippen LogP contribution in [0.5, 0.6) is 0 Å². The lowest BCUT2D eigenvalue weighted by Crippen LogP contribution is -2.04. The van der Waals surface area contributed by atoms with Gasteiger partial charge in [-0.25, -0.2) is 0 Å². The molecule has 0 bridgehead atoms. The fraction of sp³-hybridized carbons (Fsp3) is 0.896. The molecular weight excluding hydrogens is 1610 g/mol. The molecule has 0 saturated heterocycles. The van der Waals surface area contributed by atoms with Gasteiger partial charge in [-0.2, -0.15) is 0 Å². The van der Waals surface area contributed by atoms with Crippen molar-refractivity contribution in [2.24, 2.45) is 0 Å². The third-order valence-electron chi connectivity index (χ3n) is 32.6. The quantitative estimate of drug-likeness (QED) is 0.0390. The normalized spacial score (nSPS) is 11.9. The lowest BCUT2D eigenvalue weighted by Gasteiger charge is -2.19. The van der Waals surface area contributed by atoms with Gasteiger partial charge in [-0.1, -0.05) is 758 Å². The highest BCUT2D eigenvalue weighted by Crippen LogP contribution is 2.35. The molecule has 0 aliphatic carbocycles. The largest absolute Gasteiger partial charge is 0.0654 e. The number of benzene rings is 3. The molecule has 0 spiro atoms. The number of fused-ring (bicyclic) bond motifs is 2. The molecule has 0 unspecified atom stereocenters. The first kappa shape index (κ1) is 126. The monoisotopic (exact) mass is 1860 g/mol. The molecule has 0 N–H and O–H groups in total. The second kappa shape index (κ2) is 108. The molecule has 1 radical (unpaired) electrons. The summed E-state index contributed by atoms with van der Waals surface area (Å²) in [4.78, 5) is 0. The third kappa shape index (κ3) is 87.9. The number of aryl methyl sites for hydroxylation is 2. The Hall–Kier alpha value is -1.82. The van der Waals surface area contributed by atoms with Crippen molar-refractivity contribution in [3.05, 3.63) is 59.2 Å². The van der Waals surface area contributed by atoms with Gasteiger partial charge in [0.05, 0.1) is 0 Å². The molecule has 0 fully saturated rings. The summed E-state index contributed by atoms with van der Waals surface area (Å²) in [5, 5.41) is 5.74. The Morgan fingerprint density at radius 2 is 0.261 bits per heavy atom. The van der Waals surface area contributed by atoms with Crippen molar-refractivity contribution in [2.75, 3.05) is 0 Å². The fourth-order valence-electron chi connectivity index (χ4n) is 23.2. The van der Waals surface area contributed by atoms with E-state index in [0.29, 0.717) is 0 Å². The first-order valence-corrected chi connectivity index (χ1v) is 64.7. The summed E-state index contributed by atoms with van der Waals surface area (Å²) >= 11 is 0. The zero-order valence-corrected chi connectivity index (χ0v) is 93.2. The maximum Gasteiger partial charge on any atom is -0.00610 e. The number of rotatable bonds is 117. The maximum atomic E-state index is 4.21. The standard InChI is InChI=1S/C134H249/c1-4-7-10-13-16-19-22-25-28-31-34-37-40-43-46-49-52-55-58-61-64-67-70-73-76-79-82-85-88-91-94-97-100-103-106-109-112-115-122-130-126-131-125-128-120-118-119-121-129(128)127-134(131)133(124-117-114-111-108-105-102-99-96-93-90-87-84-81-78-75-72-69-66-63-60-57-54-51-48-45-42-39-36-33-30-27-24-21-18-15-12-9-6-3)132(130)123-116-113-110-107-104-101-98-95-92-89-86-83-80-77-74-71-68-65-62-59-56-53-50-47-44-41-38-35-32-29-26-23-20-17-14-11-8-5-2/h118-121,125,127H,4-117,122-124H2,1-3H3. The molecule has 3 aromatic carbocycles. The van der Waals surface area contributed by atoms with Crippen LogP contribution >= 0.6 is 0 Å². The highest BCUT2D eigenvalue weighted by molar-refractivity contribution is 6.00. The molecule has 0 heterocycles. The SMILES string of the molecule is CCCCCCCCCCCCCCCCCCCCCCCCCCCCCCCCCCCCCCCCc1[c]c2cc3ccccc3cc2c(CCCCCCCCCCCCCCCCCCCCCCCCCCCCCCCCCCCCCCCC)c1CCCCCCCCCCCCCCCCCCCCCCCCCCCCCCCCCCCCCCCC. The van der Waals surface area contributed by atoms with E-state index in [4.69, 9.17) is 0 Å². The summed E-state index contributed by atoms with van der Waals surface area (Å²) in [6, 6.07) is 18.5. The molecule has 0 amide bonds. The Morgan fingerprint density at radius 1 is 0.134 bits per heavy atom. The predicted molar refractivity (Wildman–Crippen MR) is 615 cm³/mol. The van der Waals surface area contributed by atoms with Gasteiger partial charge in [0.25, 0.3) is 0 Å². The number of unbranched alkanes of at least 4 members (excludes halogenated alkanes) is 111. The smallest absolute Gasteiger partial charge is 0.00610 e. The van der Waals surface area contributed by atoms with E-state index in [1.165, 1.54) is 773 Å². The van der Waals surface area contributed by atoms with Crippen LogP contribution in [0.25, 0.3) is 21.5 Å². The molecule has 3 rings (SSSR count). The Labute approximate surface area is 847 Å². The van der Waals surface area contributed by atoms with Crippen molar-refractivity contribution in [3.8, 4) is 0 Å². The zero-order chi connectivity index (χ0) is 94.7. The summed E-state index contributed by atoms with van der Waals surface area (Å²) in [6.45, 7) is 6.97. The van der Waals surface area contributed by atoms with Crippen LogP contribution in [-0.4, -0.2) is 0 Å². The van der Waals surface area contributed by atoms with E-state index < -0.39 is 0 Å². The Morgan fingerprint density at radius 3 is 0.418 bits per heavy atom. The molecule has 0 aliphatic rings.